The number of aryl methyl sites for hydroxylation is 1. The molecule has 0 aliphatic heterocycles. The van der Waals surface area contributed by atoms with E-state index in [4.69, 9.17) is 0 Å². The summed E-state index contributed by atoms with van der Waals surface area (Å²) >= 11 is 3.20. The Labute approximate surface area is 73.5 Å². The van der Waals surface area contributed by atoms with Gasteiger partial charge in [0.25, 0.3) is 0 Å². The van der Waals surface area contributed by atoms with E-state index < -0.39 is 0 Å². The van der Waals surface area contributed by atoms with Crippen LogP contribution in [0.5, 0.6) is 0 Å². The lowest BCUT2D eigenvalue weighted by molar-refractivity contribution is 0.0996. The number of aromatic nitrogens is 2. The zero-order valence-corrected chi connectivity index (χ0v) is 8.00. The van der Waals surface area contributed by atoms with Crippen molar-refractivity contribution in [3.63, 3.8) is 0 Å². The number of carbonyl (C=O) groups is 1. The summed E-state index contributed by atoms with van der Waals surface area (Å²) in [6.07, 6.45) is 3.28. The first-order valence-corrected chi connectivity index (χ1v) is 4.20. The number of alkyl halides is 1. The van der Waals surface area contributed by atoms with Gasteiger partial charge in [0.05, 0.1) is 16.6 Å². The highest BCUT2D eigenvalue weighted by molar-refractivity contribution is 9.10. The lowest BCUT2D eigenvalue weighted by Crippen LogP contribution is -2.08. The molecule has 0 fully saturated rings. The third kappa shape index (κ3) is 1.89. The molecule has 0 aliphatic carbocycles. The van der Waals surface area contributed by atoms with Gasteiger partial charge in [-0.2, -0.15) is 5.10 Å². The number of nitrogens with zero attached hydrogens (tertiary/aromatic N) is 2. The fourth-order valence-electron chi connectivity index (χ4n) is 0.778. The quantitative estimate of drug-likeness (QED) is 0.554. The molecule has 3 nitrogen and oxygen atoms in total. The molecule has 1 unspecified atom stereocenters. The minimum atomic E-state index is -0.133. The molecule has 0 bridgehead atoms. The Kier molecular flexibility index (Phi) is 2.44. The van der Waals surface area contributed by atoms with Gasteiger partial charge in [-0.1, -0.05) is 15.9 Å². The van der Waals surface area contributed by atoms with Crippen molar-refractivity contribution in [2.45, 2.75) is 11.8 Å². The van der Waals surface area contributed by atoms with Gasteiger partial charge in [0.2, 0.25) is 0 Å². The second kappa shape index (κ2) is 3.17. The van der Waals surface area contributed by atoms with Crippen molar-refractivity contribution in [3.05, 3.63) is 18.0 Å². The molecule has 4 heteroatoms. The largest absolute Gasteiger partial charge is 0.293 e. The minimum absolute atomic E-state index is 0.0677. The van der Waals surface area contributed by atoms with Gasteiger partial charge in [-0.3, -0.25) is 9.48 Å². The number of hydrogen-bond donors (Lipinski definition) is 0. The molecule has 0 aliphatic rings. The highest BCUT2D eigenvalue weighted by Gasteiger charge is 2.12. The minimum Gasteiger partial charge on any atom is -0.293 e. The lowest BCUT2D eigenvalue weighted by Gasteiger charge is -1.96. The van der Waals surface area contributed by atoms with E-state index in [2.05, 4.69) is 21.0 Å². The summed E-state index contributed by atoms with van der Waals surface area (Å²) < 4.78 is 1.61. The Morgan fingerprint density at radius 2 is 2.45 bits per heavy atom. The third-order valence-electron chi connectivity index (χ3n) is 1.35. The molecule has 0 radical (unpaired) electrons. The number of carbonyl (C=O) groups excluding carboxylic acids is 1. The van der Waals surface area contributed by atoms with Crippen molar-refractivity contribution in [2.75, 3.05) is 0 Å². The molecule has 0 spiro atoms. The standard InChI is InChI=1S/C7H9BrN2O/c1-5(8)7(11)6-3-9-10(2)4-6/h3-5H,1-2H3. The monoisotopic (exact) mass is 216 g/mol. The van der Waals surface area contributed by atoms with Crippen LogP contribution in [0.3, 0.4) is 0 Å². The molecule has 60 valence electrons. The van der Waals surface area contributed by atoms with Gasteiger partial charge in [0, 0.05) is 13.2 Å². The van der Waals surface area contributed by atoms with Gasteiger partial charge in [0.1, 0.15) is 0 Å². The second-order valence-electron chi connectivity index (χ2n) is 2.38. The summed E-state index contributed by atoms with van der Waals surface area (Å²) in [7, 11) is 1.79. The van der Waals surface area contributed by atoms with E-state index in [1.54, 1.807) is 31.0 Å². The van der Waals surface area contributed by atoms with Gasteiger partial charge < -0.3 is 0 Å². The molecule has 0 saturated carbocycles. The van der Waals surface area contributed by atoms with E-state index in [9.17, 15) is 4.79 Å². The van der Waals surface area contributed by atoms with Crippen LogP contribution in [0.15, 0.2) is 12.4 Å². The molecular weight excluding hydrogens is 208 g/mol. The Morgan fingerprint density at radius 3 is 2.82 bits per heavy atom. The Morgan fingerprint density at radius 1 is 1.82 bits per heavy atom. The Hall–Kier alpha value is -0.640. The van der Waals surface area contributed by atoms with Crippen LogP contribution < -0.4 is 0 Å². The number of halogens is 1. The normalized spacial score (nSPS) is 13.0. The first-order valence-electron chi connectivity index (χ1n) is 3.28. The summed E-state index contributed by atoms with van der Waals surface area (Å²) in [4.78, 5) is 11.1. The molecule has 1 aromatic rings. The van der Waals surface area contributed by atoms with E-state index in [-0.39, 0.29) is 10.6 Å². The van der Waals surface area contributed by atoms with E-state index in [1.165, 1.54) is 0 Å². The van der Waals surface area contributed by atoms with Crippen molar-refractivity contribution in [3.8, 4) is 0 Å². The van der Waals surface area contributed by atoms with Crippen molar-refractivity contribution in [2.24, 2.45) is 7.05 Å². The predicted molar refractivity (Wildman–Crippen MR) is 45.9 cm³/mol. The average Bonchev–Trinajstić information content (AvgIpc) is 2.34. The lowest BCUT2D eigenvalue weighted by atomic mass is 10.2. The highest BCUT2D eigenvalue weighted by Crippen LogP contribution is 2.07. The first kappa shape index (κ1) is 8.46. The van der Waals surface area contributed by atoms with Crippen LogP contribution in [0.2, 0.25) is 0 Å². The SMILES string of the molecule is CC(Br)C(=O)c1cnn(C)c1. The zero-order valence-electron chi connectivity index (χ0n) is 6.41. The molecule has 1 atom stereocenters. The molecule has 0 saturated heterocycles. The van der Waals surface area contributed by atoms with Crippen LogP contribution in [0.1, 0.15) is 17.3 Å². The van der Waals surface area contributed by atoms with Crippen molar-refractivity contribution in [1.29, 1.82) is 0 Å². The smallest absolute Gasteiger partial charge is 0.179 e. The summed E-state index contributed by atoms with van der Waals surface area (Å²) in [5.41, 5.74) is 0.650. The summed E-state index contributed by atoms with van der Waals surface area (Å²) in [5, 5.41) is 3.90. The van der Waals surface area contributed by atoms with Crippen LogP contribution in [-0.4, -0.2) is 20.4 Å². The van der Waals surface area contributed by atoms with E-state index in [0.29, 0.717) is 5.56 Å². The van der Waals surface area contributed by atoms with E-state index >= 15 is 0 Å². The average molecular weight is 217 g/mol. The molecular formula is C7H9BrN2O. The first-order chi connectivity index (χ1) is 5.11. The summed E-state index contributed by atoms with van der Waals surface area (Å²) in [6.45, 7) is 1.80. The Balaban J connectivity index is 2.85. The van der Waals surface area contributed by atoms with E-state index in [0.717, 1.165) is 0 Å². The zero-order chi connectivity index (χ0) is 8.43. The van der Waals surface area contributed by atoms with Crippen LogP contribution in [0.4, 0.5) is 0 Å². The van der Waals surface area contributed by atoms with Gasteiger partial charge in [-0.25, -0.2) is 0 Å². The van der Waals surface area contributed by atoms with Crippen LogP contribution >= 0.6 is 15.9 Å². The van der Waals surface area contributed by atoms with Gasteiger partial charge in [-0.05, 0) is 6.92 Å². The molecule has 11 heavy (non-hydrogen) atoms. The molecule has 1 rings (SSSR count). The van der Waals surface area contributed by atoms with Crippen molar-refractivity contribution in [1.82, 2.24) is 9.78 Å². The molecule has 1 heterocycles. The van der Waals surface area contributed by atoms with Crippen molar-refractivity contribution >= 4 is 21.7 Å². The van der Waals surface area contributed by atoms with Crippen LogP contribution in [0.25, 0.3) is 0 Å². The summed E-state index contributed by atoms with van der Waals surface area (Å²) in [6, 6.07) is 0. The van der Waals surface area contributed by atoms with E-state index in [1.807, 2.05) is 0 Å². The van der Waals surface area contributed by atoms with Crippen LogP contribution in [0, 0.1) is 0 Å². The third-order valence-corrected chi connectivity index (χ3v) is 1.77. The van der Waals surface area contributed by atoms with Gasteiger partial charge >= 0.3 is 0 Å². The maximum Gasteiger partial charge on any atom is 0.179 e. The van der Waals surface area contributed by atoms with Crippen molar-refractivity contribution < 1.29 is 4.79 Å². The van der Waals surface area contributed by atoms with Gasteiger partial charge in [-0.15, -0.1) is 0 Å². The molecule has 0 N–H and O–H groups in total. The van der Waals surface area contributed by atoms with Crippen LogP contribution in [-0.2, 0) is 7.05 Å². The fraction of sp³-hybridized carbons (Fsp3) is 0.429. The summed E-state index contributed by atoms with van der Waals surface area (Å²) in [5.74, 6) is 0.0677. The number of Topliss-reactive ketones (excluding diaryl/α,β-unsaturated/α-hetero) is 1. The topological polar surface area (TPSA) is 34.9 Å². The Bertz CT molecular complexity index is 267. The number of ketones is 1. The highest BCUT2D eigenvalue weighted by atomic mass is 79.9. The maximum atomic E-state index is 11.3. The molecule has 0 amide bonds. The predicted octanol–water partition coefficient (Wildman–Crippen LogP) is 1.39. The fourth-order valence-corrected chi connectivity index (χ4v) is 1.04. The number of hydrogen-bond acceptors (Lipinski definition) is 2. The number of rotatable bonds is 2. The second-order valence-corrected chi connectivity index (χ2v) is 3.76. The molecule has 0 aromatic carbocycles. The maximum absolute atomic E-state index is 11.3. The van der Waals surface area contributed by atoms with Gasteiger partial charge in [0.15, 0.2) is 5.78 Å². The molecule has 1 aromatic heterocycles.